The third-order valence-corrected chi connectivity index (χ3v) is 4.15. The lowest BCUT2D eigenvalue weighted by Crippen LogP contribution is -2.26. The summed E-state index contributed by atoms with van der Waals surface area (Å²) in [5.74, 6) is -0.442. The molecule has 1 fully saturated rings. The number of aryl methyl sites for hydroxylation is 2. The van der Waals surface area contributed by atoms with Gasteiger partial charge in [-0.2, -0.15) is 0 Å². The van der Waals surface area contributed by atoms with Crippen molar-refractivity contribution in [3.8, 4) is 5.69 Å². The highest BCUT2D eigenvalue weighted by Gasteiger charge is 2.33. The van der Waals surface area contributed by atoms with Gasteiger partial charge in [-0.05, 0) is 32.0 Å². The minimum atomic E-state index is -0.502. The van der Waals surface area contributed by atoms with Gasteiger partial charge in [-0.1, -0.05) is 5.21 Å². The van der Waals surface area contributed by atoms with Crippen molar-refractivity contribution in [1.29, 1.82) is 0 Å². The number of carbonyl (C=O) groups excluding carboxylic acids is 1. The molecule has 0 radical (unpaired) electrons. The van der Waals surface area contributed by atoms with Crippen LogP contribution in [0.5, 0.6) is 0 Å². The van der Waals surface area contributed by atoms with Gasteiger partial charge >= 0.3 is 6.09 Å². The van der Waals surface area contributed by atoms with Crippen LogP contribution in [0.1, 0.15) is 11.4 Å². The van der Waals surface area contributed by atoms with Gasteiger partial charge in [-0.15, -0.1) is 5.10 Å². The van der Waals surface area contributed by atoms with E-state index in [2.05, 4.69) is 15.3 Å². The first-order valence-electron chi connectivity index (χ1n) is 8.15. The van der Waals surface area contributed by atoms with Gasteiger partial charge in [0.2, 0.25) is 0 Å². The summed E-state index contributed by atoms with van der Waals surface area (Å²) in [6.45, 7) is 4.39. The second-order valence-electron chi connectivity index (χ2n) is 6.26. The van der Waals surface area contributed by atoms with Gasteiger partial charge in [0.05, 0.1) is 42.2 Å². The molecule has 26 heavy (non-hydrogen) atoms. The Bertz CT molecular complexity index is 966. The van der Waals surface area contributed by atoms with Gasteiger partial charge in [0.1, 0.15) is 11.9 Å². The topological polar surface area (TPSA) is 78.1 Å². The van der Waals surface area contributed by atoms with Gasteiger partial charge in [-0.3, -0.25) is 4.90 Å². The third-order valence-electron chi connectivity index (χ3n) is 4.15. The van der Waals surface area contributed by atoms with Crippen molar-refractivity contribution in [1.82, 2.24) is 24.5 Å². The van der Waals surface area contributed by atoms with E-state index in [9.17, 15) is 9.18 Å². The van der Waals surface area contributed by atoms with Crippen LogP contribution >= 0.6 is 0 Å². The summed E-state index contributed by atoms with van der Waals surface area (Å²) in [5.41, 5.74) is 2.41. The molecule has 1 aromatic carbocycles. The average molecular weight is 356 g/mol. The molecular formula is C17H17FN6O2. The molecule has 0 bridgehead atoms. The predicted molar refractivity (Wildman–Crippen MR) is 90.6 cm³/mol. The Morgan fingerprint density at radius 2 is 2.12 bits per heavy atom. The maximum absolute atomic E-state index is 14.5. The number of benzene rings is 1. The molecular weight excluding hydrogens is 339 g/mol. The fourth-order valence-corrected chi connectivity index (χ4v) is 2.95. The summed E-state index contributed by atoms with van der Waals surface area (Å²) < 4.78 is 23.1. The molecule has 1 saturated heterocycles. The van der Waals surface area contributed by atoms with Gasteiger partial charge in [0.25, 0.3) is 0 Å². The van der Waals surface area contributed by atoms with Gasteiger partial charge < -0.3 is 9.30 Å². The van der Waals surface area contributed by atoms with Crippen molar-refractivity contribution < 1.29 is 13.9 Å². The Morgan fingerprint density at radius 3 is 2.77 bits per heavy atom. The van der Waals surface area contributed by atoms with Crippen LogP contribution in [-0.4, -0.2) is 43.3 Å². The highest BCUT2D eigenvalue weighted by atomic mass is 19.1. The Morgan fingerprint density at radius 1 is 1.27 bits per heavy atom. The van der Waals surface area contributed by atoms with Gasteiger partial charge in [-0.25, -0.2) is 18.9 Å². The Kier molecular flexibility index (Phi) is 3.90. The van der Waals surface area contributed by atoms with Crippen molar-refractivity contribution >= 4 is 11.8 Å². The summed E-state index contributed by atoms with van der Waals surface area (Å²) >= 11 is 0. The van der Waals surface area contributed by atoms with E-state index in [-0.39, 0.29) is 6.10 Å². The maximum Gasteiger partial charge on any atom is 0.414 e. The molecule has 2 aromatic heterocycles. The zero-order valence-corrected chi connectivity index (χ0v) is 14.3. The molecule has 1 aliphatic rings. The monoisotopic (exact) mass is 356 g/mol. The van der Waals surface area contributed by atoms with E-state index in [1.165, 1.54) is 11.0 Å². The van der Waals surface area contributed by atoms with Gasteiger partial charge in [0.15, 0.2) is 0 Å². The highest BCUT2D eigenvalue weighted by molar-refractivity contribution is 5.89. The Hall–Kier alpha value is -3.23. The number of imidazole rings is 1. The number of ether oxygens (including phenoxy) is 1. The smallest absolute Gasteiger partial charge is 0.414 e. The second-order valence-corrected chi connectivity index (χ2v) is 6.26. The first-order valence-corrected chi connectivity index (χ1v) is 8.15. The number of aromatic nitrogens is 5. The van der Waals surface area contributed by atoms with E-state index in [1.54, 1.807) is 40.1 Å². The molecule has 9 heteroatoms. The largest absolute Gasteiger partial charge is 0.442 e. The minimum Gasteiger partial charge on any atom is -0.442 e. The first-order chi connectivity index (χ1) is 12.5. The number of anilines is 1. The molecule has 134 valence electrons. The van der Waals surface area contributed by atoms with Crippen molar-refractivity contribution in [2.45, 2.75) is 26.5 Å². The van der Waals surface area contributed by atoms with Crippen molar-refractivity contribution in [3.05, 3.63) is 54.1 Å². The zero-order chi connectivity index (χ0) is 18.3. The van der Waals surface area contributed by atoms with Crippen molar-refractivity contribution in [3.63, 3.8) is 0 Å². The lowest BCUT2D eigenvalue weighted by atomic mass is 10.2. The van der Waals surface area contributed by atoms with E-state index in [0.29, 0.717) is 24.5 Å². The number of amides is 1. The third kappa shape index (κ3) is 3.03. The molecule has 8 nitrogen and oxygen atoms in total. The zero-order valence-electron chi connectivity index (χ0n) is 14.3. The van der Waals surface area contributed by atoms with Crippen LogP contribution in [0, 0.1) is 19.7 Å². The summed E-state index contributed by atoms with van der Waals surface area (Å²) in [7, 11) is 0. The number of rotatable bonds is 4. The molecule has 0 aliphatic carbocycles. The lowest BCUT2D eigenvalue weighted by molar-refractivity contribution is 0.129. The molecule has 4 rings (SSSR count). The van der Waals surface area contributed by atoms with Crippen LogP contribution in [0.15, 0.2) is 36.9 Å². The number of hydrogen-bond acceptors (Lipinski definition) is 5. The Balaban J connectivity index is 1.52. The Labute approximate surface area is 148 Å². The van der Waals surface area contributed by atoms with Crippen molar-refractivity contribution in [2.24, 2.45) is 0 Å². The highest BCUT2D eigenvalue weighted by Crippen LogP contribution is 2.26. The maximum atomic E-state index is 14.5. The number of hydrogen-bond donors (Lipinski definition) is 0. The predicted octanol–water partition coefficient (Wildman–Crippen LogP) is 2.25. The van der Waals surface area contributed by atoms with Crippen LogP contribution in [0.2, 0.25) is 0 Å². The fourth-order valence-electron chi connectivity index (χ4n) is 2.95. The van der Waals surface area contributed by atoms with E-state index >= 15 is 0 Å². The quantitative estimate of drug-likeness (QED) is 0.716. The van der Waals surface area contributed by atoms with E-state index in [4.69, 9.17) is 4.74 Å². The van der Waals surface area contributed by atoms with Crippen LogP contribution in [0.25, 0.3) is 5.69 Å². The molecule has 1 atom stereocenters. The normalized spacial score (nSPS) is 17.0. The van der Waals surface area contributed by atoms with E-state index in [0.717, 1.165) is 11.4 Å². The number of nitrogens with zero attached hydrogens (tertiary/aromatic N) is 6. The summed E-state index contributed by atoms with van der Waals surface area (Å²) in [5, 5.41) is 7.86. The van der Waals surface area contributed by atoms with Crippen LogP contribution in [0.4, 0.5) is 14.9 Å². The molecule has 1 amide bonds. The SMILES string of the molecule is Cc1cn(-c2ccc(N3C[C@H](Cn4cc(C)nn4)OC3=O)cc2F)cn1. The minimum absolute atomic E-state index is 0.320. The molecule has 0 N–H and O–H groups in total. The van der Waals surface area contributed by atoms with Crippen LogP contribution < -0.4 is 4.90 Å². The van der Waals surface area contributed by atoms with Crippen LogP contribution in [0.3, 0.4) is 0 Å². The first kappa shape index (κ1) is 16.2. The molecule has 0 unspecified atom stereocenters. The molecule has 0 spiro atoms. The summed E-state index contributed by atoms with van der Waals surface area (Å²) in [6, 6.07) is 4.64. The fraction of sp³-hybridized carbons (Fsp3) is 0.294. The molecule has 3 heterocycles. The number of cyclic esters (lactones) is 1. The second kappa shape index (κ2) is 6.25. The number of carbonyl (C=O) groups is 1. The molecule has 3 aromatic rings. The van der Waals surface area contributed by atoms with Crippen molar-refractivity contribution in [2.75, 3.05) is 11.4 Å². The van der Waals surface area contributed by atoms with Crippen LogP contribution in [-0.2, 0) is 11.3 Å². The average Bonchev–Trinajstić information content (AvgIpc) is 3.29. The summed E-state index contributed by atoms with van der Waals surface area (Å²) in [6.07, 6.45) is 4.18. The molecule has 1 aliphatic heterocycles. The number of halogens is 1. The summed E-state index contributed by atoms with van der Waals surface area (Å²) in [4.78, 5) is 17.7. The van der Waals surface area contributed by atoms with E-state index in [1.807, 2.05) is 13.8 Å². The van der Waals surface area contributed by atoms with E-state index < -0.39 is 11.9 Å². The standard InChI is InChI=1S/C17H17FN6O2/c1-11-6-22(10-19-11)16-4-3-13(5-15(16)18)24-9-14(26-17(24)25)8-23-7-12(2)20-21-23/h3-7,10,14H,8-9H2,1-2H3/t14-/m0/s1. The van der Waals surface area contributed by atoms with Gasteiger partial charge in [0, 0.05) is 12.4 Å². The lowest BCUT2D eigenvalue weighted by Gasteiger charge is -2.14. The molecule has 0 saturated carbocycles.